The van der Waals surface area contributed by atoms with Gasteiger partial charge in [0.15, 0.2) is 0 Å². The second-order valence-electron chi connectivity index (χ2n) is 9.34. The second kappa shape index (κ2) is 9.75. The normalized spacial score (nSPS) is 16.5. The molecule has 1 saturated carbocycles. The van der Waals surface area contributed by atoms with Gasteiger partial charge in [-0.25, -0.2) is 0 Å². The zero-order valence-corrected chi connectivity index (χ0v) is 19.0. The maximum absolute atomic E-state index is 13.1. The van der Waals surface area contributed by atoms with Crippen molar-refractivity contribution in [2.24, 2.45) is 5.92 Å². The number of nitrogens with zero attached hydrogens (tertiary/aromatic N) is 1. The highest BCUT2D eigenvalue weighted by Gasteiger charge is 2.30. The van der Waals surface area contributed by atoms with E-state index in [4.69, 9.17) is 0 Å². The van der Waals surface area contributed by atoms with Gasteiger partial charge >= 0.3 is 0 Å². The first-order valence-electron chi connectivity index (χ1n) is 12.1. The molecule has 1 aliphatic carbocycles. The highest BCUT2D eigenvalue weighted by Crippen LogP contribution is 2.32. The molecule has 2 amide bonds. The van der Waals surface area contributed by atoms with Gasteiger partial charge in [0.1, 0.15) is 0 Å². The third-order valence-electron chi connectivity index (χ3n) is 6.67. The number of hydrogen-bond acceptors (Lipinski definition) is 3. The second-order valence-corrected chi connectivity index (χ2v) is 9.34. The molecule has 0 radical (unpaired) electrons. The van der Waals surface area contributed by atoms with Crippen molar-refractivity contribution in [1.29, 1.82) is 0 Å². The lowest BCUT2D eigenvalue weighted by Gasteiger charge is -2.26. The average molecular weight is 442 g/mol. The van der Waals surface area contributed by atoms with Crippen molar-refractivity contribution in [2.45, 2.75) is 45.2 Å². The summed E-state index contributed by atoms with van der Waals surface area (Å²) in [5.74, 6) is -0.0938. The summed E-state index contributed by atoms with van der Waals surface area (Å²) in [5.41, 5.74) is 3.46. The molecule has 5 nitrogen and oxygen atoms in total. The molecule has 33 heavy (non-hydrogen) atoms. The smallest absolute Gasteiger partial charge is 0.253 e. The van der Waals surface area contributed by atoms with E-state index < -0.39 is 0 Å². The fourth-order valence-corrected chi connectivity index (χ4v) is 4.53. The summed E-state index contributed by atoms with van der Waals surface area (Å²) in [5, 5.41) is 8.01. The van der Waals surface area contributed by atoms with Crippen LogP contribution in [0.1, 0.15) is 53.6 Å². The van der Waals surface area contributed by atoms with Gasteiger partial charge in [-0.15, -0.1) is 0 Å². The molecular weight excluding hydrogens is 410 g/mol. The monoisotopic (exact) mass is 441 g/mol. The van der Waals surface area contributed by atoms with Crippen LogP contribution in [0.15, 0.2) is 60.7 Å². The number of anilines is 1. The lowest BCUT2D eigenvalue weighted by molar-refractivity contribution is -0.117. The number of piperidine rings is 1. The Kier molecular flexibility index (Phi) is 6.40. The van der Waals surface area contributed by atoms with Gasteiger partial charge in [0.2, 0.25) is 5.91 Å². The number of carbonyl (C=O) groups is 2. The van der Waals surface area contributed by atoms with Gasteiger partial charge in [-0.1, -0.05) is 55.0 Å². The Labute approximate surface area is 195 Å². The molecular formula is C28H31N3O2. The third kappa shape index (κ3) is 5.42. The summed E-state index contributed by atoms with van der Waals surface area (Å²) in [6, 6.07) is 20.2. The van der Waals surface area contributed by atoms with E-state index in [0.29, 0.717) is 17.8 Å². The summed E-state index contributed by atoms with van der Waals surface area (Å²) in [6.45, 7) is 3.81. The Morgan fingerprint density at radius 3 is 2.21 bits per heavy atom. The van der Waals surface area contributed by atoms with E-state index in [1.807, 2.05) is 36.4 Å². The molecule has 3 aromatic rings. The van der Waals surface area contributed by atoms with Crippen molar-refractivity contribution >= 4 is 28.3 Å². The minimum atomic E-state index is -0.177. The maximum Gasteiger partial charge on any atom is 0.253 e. The SMILES string of the molecule is O=C(NCc1ccc(CN2CCCCC2)cc1)c1cc2ccccc2cc1NC(=O)C1CC1. The first-order valence-corrected chi connectivity index (χ1v) is 12.1. The van der Waals surface area contributed by atoms with E-state index in [-0.39, 0.29) is 17.7 Å². The Bertz CT molecular complexity index is 1150. The van der Waals surface area contributed by atoms with Crippen LogP contribution in [0.2, 0.25) is 0 Å². The number of carbonyl (C=O) groups excluding carboxylic acids is 2. The molecule has 2 N–H and O–H groups in total. The quantitative estimate of drug-likeness (QED) is 0.536. The predicted octanol–water partition coefficient (Wildman–Crippen LogP) is 5.10. The van der Waals surface area contributed by atoms with Crippen LogP contribution in [0, 0.1) is 5.92 Å². The molecule has 1 aliphatic heterocycles. The van der Waals surface area contributed by atoms with Crippen molar-refractivity contribution in [2.75, 3.05) is 18.4 Å². The van der Waals surface area contributed by atoms with Gasteiger partial charge in [-0.05, 0) is 72.8 Å². The molecule has 1 heterocycles. The van der Waals surface area contributed by atoms with E-state index in [1.54, 1.807) is 0 Å². The number of benzene rings is 3. The zero-order valence-electron chi connectivity index (χ0n) is 19.0. The van der Waals surface area contributed by atoms with Crippen molar-refractivity contribution in [3.8, 4) is 0 Å². The number of rotatable bonds is 7. The van der Waals surface area contributed by atoms with Gasteiger partial charge < -0.3 is 10.6 Å². The van der Waals surface area contributed by atoms with Crippen molar-refractivity contribution in [1.82, 2.24) is 10.2 Å². The molecule has 1 saturated heterocycles. The fraction of sp³-hybridized carbons (Fsp3) is 0.357. The summed E-state index contributed by atoms with van der Waals surface area (Å²) in [4.78, 5) is 28.0. The maximum atomic E-state index is 13.1. The largest absolute Gasteiger partial charge is 0.348 e. The molecule has 5 heteroatoms. The highest BCUT2D eigenvalue weighted by molar-refractivity contribution is 6.08. The van der Waals surface area contributed by atoms with E-state index in [2.05, 4.69) is 39.8 Å². The molecule has 170 valence electrons. The number of likely N-dealkylation sites (tertiary alicyclic amines) is 1. The number of hydrogen-bond donors (Lipinski definition) is 2. The predicted molar refractivity (Wildman–Crippen MR) is 132 cm³/mol. The molecule has 0 aromatic heterocycles. The van der Waals surface area contributed by atoms with Crippen LogP contribution in [-0.2, 0) is 17.9 Å². The first kappa shape index (κ1) is 21.7. The van der Waals surface area contributed by atoms with Gasteiger partial charge in [-0.3, -0.25) is 14.5 Å². The molecule has 5 rings (SSSR count). The van der Waals surface area contributed by atoms with Crippen molar-refractivity contribution < 1.29 is 9.59 Å². The van der Waals surface area contributed by atoms with E-state index >= 15 is 0 Å². The number of fused-ring (bicyclic) bond motifs is 1. The van der Waals surface area contributed by atoms with Gasteiger partial charge in [0.25, 0.3) is 5.91 Å². The Morgan fingerprint density at radius 2 is 1.52 bits per heavy atom. The minimum Gasteiger partial charge on any atom is -0.348 e. The van der Waals surface area contributed by atoms with Crippen LogP contribution in [0.5, 0.6) is 0 Å². The average Bonchev–Trinajstić information content (AvgIpc) is 3.69. The molecule has 3 aromatic carbocycles. The highest BCUT2D eigenvalue weighted by atomic mass is 16.2. The molecule has 0 unspecified atom stereocenters. The summed E-state index contributed by atoms with van der Waals surface area (Å²) in [6.07, 6.45) is 5.78. The van der Waals surface area contributed by atoms with Crippen LogP contribution in [0.25, 0.3) is 10.8 Å². The summed E-state index contributed by atoms with van der Waals surface area (Å²) >= 11 is 0. The Balaban J connectivity index is 1.26. The standard InChI is InChI=1S/C28H31N3O2/c32-27(22-12-13-22)30-26-17-24-7-3-2-6-23(24)16-25(26)28(33)29-18-20-8-10-21(11-9-20)19-31-14-4-1-5-15-31/h2-3,6-11,16-17,22H,1,4-5,12-15,18-19H2,(H,29,33)(H,30,32). The van der Waals surface area contributed by atoms with Gasteiger partial charge in [0, 0.05) is 19.0 Å². The number of amides is 2. The Hall–Kier alpha value is -3.18. The van der Waals surface area contributed by atoms with Crippen molar-refractivity contribution in [3.05, 3.63) is 77.4 Å². The van der Waals surface area contributed by atoms with Crippen LogP contribution < -0.4 is 10.6 Å². The molecule has 0 atom stereocenters. The summed E-state index contributed by atoms with van der Waals surface area (Å²) in [7, 11) is 0. The lowest BCUT2D eigenvalue weighted by atomic mass is 10.0. The van der Waals surface area contributed by atoms with Crippen LogP contribution in [0.4, 0.5) is 5.69 Å². The summed E-state index contributed by atoms with van der Waals surface area (Å²) < 4.78 is 0. The lowest BCUT2D eigenvalue weighted by Crippen LogP contribution is -2.29. The Morgan fingerprint density at radius 1 is 0.848 bits per heavy atom. The zero-order chi connectivity index (χ0) is 22.6. The topological polar surface area (TPSA) is 61.4 Å². The molecule has 0 spiro atoms. The fourth-order valence-electron chi connectivity index (χ4n) is 4.53. The third-order valence-corrected chi connectivity index (χ3v) is 6.67. The van der Waals surface area contributed by atoms with Gasteiger partial charge in [-0.2, -0.15) is 0 Å². The van der Waals surface area contributed by atoms with Crippen LogP contribution in [0.3, 0.4) is 0 Å². The van der Waals surface area contributed by atoms with Crippen LogP contribution in [-0.4, -0.2) is 29.8 Å². The molecule has 2 fully saturated rings. The molecule has 2 aliphatic rings. The van der Waals surface area contributed by atoms with E-state index in [9.17, 15) is 9.59 Å². The van der Waals surface area contributed by atoms with E-state index in [1.165, 1.54) is 37.9 Å². The molecule has 0 bridgehead atoms. The van der Waals surface area contributed by atoms with Gasteiger partial charge in [0.05, 0.1) is 11.3 Å². The minimum absolute atomic E-state index is 0.00336. The van der Waals surface area contributed by atoms with Crippen molar-refractivity contribution in [3.63, 3.8) is 0 Å². The first-order chi connectivity index (χ1) is 16.2. The van der Waals surface area contributed by atoms with Crippen LogP contribution >= 0.6 is 0 Å². The number of nitrogens with one attached hydrogen (secondary N) is 2. The van der Waals surface area contributed by atoms with E-state index in [0.717, 1.165) is 35.7 Å².